The van der Waals surface area contributed by atoms with Crippen molar-refractivity contribution in [3.8, 4) is 11.1 Å². The lowest BCUT2D eigenvalue weighted by molar-refractivity contribution is 1.07. The highest BCUT2D eigenvalue weighted by atomic mass is 32.1. The second-order valence-corrected chi connectivity index (χ2v) is 6.66. The number of nitrogens with two attached hydrogens (primary N) is 1. The van der Waals surface area contributed by atoms with Crippen LogP contribution in [0.4, 0.5) is 0 Å². The molecule has 3 N–H and O–H groups in total. The Labute approximate surface area is 146 Å². The van der Waals surface area contributed by atoms with Crippen molar-refractivity contribution in [3.05, 3.63) is 60.8 Å². The predicted octanol–water partition coefficient (Wildman–Crippen LogP) is 4.78. The van der Waals surface area contributed by atoms with Gasteiger partial charge in [-0.15, -0.1) is 12.6 Å². The van der Waals surface area contributed by atoms with E-state index in [2.05, 4.69) is 59.0 Å². The van der Waals surface area contributed by atoms with E-state index in [1.54, 1.807) is 0 Å². The zero-order chi connectivity index (χ0) is 16.5. The molecule has 2 aromatic carbocycles. The van der Waals surface area contributed by atoms with Crippen LogP contribution in [0, 0.1) is 0 Å². The fourth-order valence-electron chi connectivity index (χ4n) is 2.79. The summed E-state index contributed by atoms with van der Waals surface area (Å²) in [7, 11) is 0. The van der Waals surface area contributed by atoms with Crippen LogP contribution in [-0.2, 0) is 0 Å². The van der Waals surface area contributed by atoms with Gasteiger partial charge in [0.2, 0.25) is 0 Å². The van der Waals surface area contributed by atoms with Gasteiger partial charge in [-0.2, -0.15) is 0 Å². The monoisotopic (exact) mass is 333 g/mol. The molecule has 1 saturated carbocycles. The number of H-pyrrole nitrogens is 1. The number of hydrogen-bond acceptors (Lipinski definition) is 3. The first kappa shape index (κ1) is 15.2. The third-order valence-corrected chi connectivity index (χ3v) is 4.45. The number of hydrogen-bond donors (Lipinski definition) is 3. The highest BCUT2D eigenvalue weighted by Crippen LogP contribution is 2.34. The van der Waals surface area contributed by atoms with E-state index in [0.29, 0.717) is 6.04 Å². The molecule has 2 aromatic heterocycles. The summed E-state index contributed by atoms with van der Waals surface area (Å²) in [5.41, 5.74) is 9.64. The van der Waals surface area contributed by atoms with E-state index in [4.69, 9.17) is 5.73 Å². The fourth-order valence-corrected chi connectivity index (χ4v) is 3.02. The van der Waals surface area contributed by atoms with Gasteiger partial charge in [0.25, 0.3) is 0 Å². The smallest absolute Gasteiger partial charge is 0.138 e. The zero-order valence-electron chi connectivity index (χ0n) is 13.2. The molecule has 5 rings (SSSR count). The number of aromatic nitrogens is 2. The number of nitrogens with zero attached hydrogens (tertiary/aromatic N) is 1. The van der Waals surface area contributed by atoms with Crippen molar-refractivity contribution in [2.75, 3.05) is 0 Å². The summed E-state index contributed by atoms with van der Waals surface area (Å²) in [4.78, 5) is 8.74. The summed E-state index contributed by atoms with van der Waals surface area (Å²) in [6.07, 6.45) is 4.34. The second kappa shape index (κ2) is 6.30. The van der Waals surface area contributed by atoms with Gasteiger partial charge in [0.1, 0.15) is 5.65 Å². The Morgan fingerprint density at radius 2 is 1.83 bits per heavy atom. The second-order valence-electron chi connectivity index (χ2n) is 6.14. The summed E-state index contributed by atoms with van der Waals surface area (Å²) >= 11 is 4.44. The average Bonchev–Trinajstić information content (AvgIpc) is 3.28. The normalized spacial score (nSPS) is 13.8. The summed E-state index contributed by atoms with van der Waals surface area (Å²) < 4.78 is 0. The predicted molar refractivity (Wildman–Crippen MR) is 103 cm³/mol. The third kappa shape index (κ3) is 3.03. The number of fused-ring (bicyclic) bond motifs is 3. The van der Waals surface area contributed by atoms with E-state index >= 15 is 0 Å². The number of rotatable bonds is 1. The summed E-state index contributed by atoms with van der Waals surface area (Å²) in [6, 6.07) is 19.2. The number of thiol groups is 1. The van der Waals surface area contributed by atoms with Crippen molar-refractivity contribution < 1.29 is 0 Å². The van der Waals surface area contributed by atoms with Gasteiger partial charge >= 0.3 is 0 Å². The Morgan fingerprint density at radius 1 is 1.04 bits per heavy atom. The summed E-state index contributed by atoms with van der Waals surface area (Å²) in [5, 5.41) is 2.37. The minimum Gasteiger partial charge on any atom is -0.339 e. The number of pyridine rings is 1. The van der Waals surface area contributed by atoms with Crippen molar-refractivity contribution in [2.24, 2.45) is 5.73 Å². The van der Waals surface area contributed by atoms with Gasteiger partial charge in [-0.3, -0.25) is 0 Å². The maximum atomic E-state index is 5.22. The highest BCUT2D eigenvalue weighted by molar-refractivity contribution is 7.80. The first-order valence-corrected chi connectivity index (χ1v) is 8.57. The van der Waals surface area contributed by atoms with Crippen LogP contribution in [0.25, 0.3) is 33.1 Å². The third-order valence-electron chi connectivity index (χ3n) is 4.17. The Kier molecular flexibility index (Phi) is 4.00. The molecule has 0 aliphatic heterocycles. The fraction of sp³-hybridized carbons (Fsp3) is 0.150. The minimum absolute atomic E-state index is 0.583. The molecule has 0 atom stereocenters. The number of aromatic amines is 1. The molecule has 0 unspecified atom stereocenters. The van der Waals surface area contributed by atoms with Crippen molar-refractivity contribution in [1.29, 1.82) is 0 Å². The molecule has 1 aliphatic carbocycles. The lowest BCUT2D eigenvalue weighted by atomic mass is 10.00. The van der Waals surface area contributed by atoms with Crippen molar-refractivity contribution in [1.82, 2.24) is 9.97 Å². The quantitative estimate of drug-likeness (QED) is 0.439. The molecule has 1 aliphatic rings. The molecule has 2 heterocycles. The zero-order valence-corrected chi connectivity index (χ0v) is 14.1. The molecular weight excluding hydrogens is 314 g/mol. The molecule has 0 bridgehead atoms. The molecule has 3 nitrogen and oxygen atoms in total. The molecule has 4 heteroatoms. The molecule has 0 spiro atoms. The molecular formula is C20H19N3S. The number of benzene rings is 2. The van der Waals surface area contributed by atoms with E-state index in [0.717, 1.165) is 21.4 Å². The topological polar surface area (TPSA) is 54.7 Å². The van der Waals surface area contributed by atoms with Crippen molar-refractivity contribution >= 4 is 34.6 Å². The first-order valence-electron chi connectivity index (χ1n) is 8.13. The molecule has 0 amide bonds. The van der Waals surface area contributed by atoms with Crippen molar-refractivity contribution in [2.45, 2.75) is 23.8 Å². The van der Waals surface area contributed by atoms with Gasteiger partial charge in [-0.25, -0.2) is 4.98 Å². The SMILES string of the molecule is NC1CC1.Sc1cccc(-c2cccc3[nH]c4ncccc4c23)c1. The average molecular weight is 333 g/mol. The van der Waals surface area contributed by atoms with Crippen LogP contribution >= 0.6 is 12.6 Å². The Bertz CT molecular complexity index is 1000. The Morgan fingerprint density at radius 3 is 2.58 bits per heavy atom. The maximum absolute atomic E-state index is 5.22. The van der Waals surface area contributed by atoms with Crippen LogP contribution in [0.1, 0.15) is 12.8 Å². The molecule has 24 heavy (non-hydrogen) atoms. The molecule has 120 valence electrons. The molecule has 4 aromatic rings. The standard InChI is InChI=1S/C17H12N2S.C3H7N/c20-12-5-1-4-11(10-12)13-6-2-8-15-16(13)14-7-3-9-18-17(14)19-15;4-3-1-2-3/h1-10,20H,(H,18,19);3H,1-2,4H2. The summed E-state index contributed by atoms with van der Waals surface area (Å²) in [5.74, 6) is 0. The van der Waals surface area contributed by atoms with Gasteiger partial charge in [-0.05, 0) is 54.3 Å². The Balaban J connectivity index is 0.000000321. The van der Waals surface area contributed by atoms with Gasteiger partial charge in [0.15, 0.2) is 0 Å². The van der Waals surface area contributed by atoms with Crippen LogP contribution in [0.3, 0.4) is 0 Å². The minimum atomic E-state index is 0.583. The van der Waals surface area contributed by atoms with Crippen LogP contribution in [0.2, 0.25) is 0 Å². The largest absolute Gasteiger partial charge is 0.339 e. The van der Waals surface area contributed by atoms with E-state index in [9.17, 15) is 0 Å². The van der Waals surface area contributed by atoms with Crippen LogP contribution in [0.15, 0.2) is 65.7 Å². The Hall–Kier alpha value is -2.30. The lowest BCUT2D eigenvalue weighted by Gasteiger charge is -2.05. The van der Waals surface area contributed by atoms with Crippen molar-refractivity contribution in [3.63, 3.8) is 0 Å². The summed E-state index contributed by atoms with van der Waals surface area (Å²) in [6.45, 7) is 0. The molecule has 0 radical (unpaired) electrons. The van der Waals surface area contributed by atoms with Gasteiger partial charge in [0.05, 0.1) is 0 Å². The van der Waals surface area contributed by atoms with Crippen LogP contribution in [0.5, 0.6) is 0 Å². The lowest BCUT2D eigenvalue weighted by Crippen LogP contribution is -1.94. The van der Waals surface area contributed by atoms with Gasteiger partial charge in [-0.1, -0.05) is 24.3 Å². The van der Waals surface area contributed by atoms with E-state index in [1.807, 2.05) is 24.4 Å². The number of nitrogens with one attached hydrogen (secondary N) is 1. The van der Waals surface area contributed by atoms with E-state index in [-0.39, 0.29) is 0 Å². The van der Waals surface area contributed by atoms with Gasteiger partial charge < -0.3 is 10.7 Å². The molecule has 1 fully saturated rings. The first-order chi connectivity index (χ1) is 11.7. The van der Waals surface area contributed by atoms with Gasteiger partial charge in [0, 0.05) is 33.4 Å². The van der Waals surface area contributed by atoms with E-state index < -0.39 is 0 Å². The maximum Gasteiger partial charge on any atom is 0.138 e. The molecule has 0 saturated heterocycles. The highest BCUT2D eigenvalue weighted by Gasteiger charge is 2.13. The van der Waals surface area contributed by atoms with E-state index in [1.165, 1.54) is 29.4 Å². The van der Waals surface area contributed by atoms with Crippen LogP contribution in [-0.4, -0.2) is 16.0 Å². The van der Waals surface area contributed by atoms with Crippen LogP contribution < -0.4 is 5.73 Å².